The Morgan fingerprint density at radius 3 is 2.65 bits per heavy atom. The van der Waals surface area contributed by atoms with Gasteiger partial charge in [0.2, 0.25) is 0 Å². The molecular formula is C15H17N3O4S. The second kappa shape index (κ2) is 8.23. The Morgan fingerprint density at radius 2 is 2.00 bits per heavy atom. The minimum absolute atomic E-state index is 0.337. The molecule has 1 amide bonds. The van der Waals surface area contributed by atoms with Gasteiger partial charge < -0.3 is 14.8 Å². The van der Waals surface area contributed by atoms with Crippen molar-refractivity contribution in [2.75, 3.05) is 13.7 Å². The number of carbonyl (C=O) groups excluding carboxylic acids is 2. The molecule has 0 radical (unpaired) electrons. The Balaban J connectivity index is 1.77. The van der Waals surface area contributed by atoms with Crippen LogP contribution in [0.1, 0.15) is 27.9 Å². The van der Waals surface area contributed by atoms with Crippen molar-refractivity contribution in [2.45, 2.75) is 19.9 Å². The number of aryl methyl sites for hydroxylation is 1. The Bertz CT molecular complexity index is 670. The van der Waals surface area contributed by atoms with Gasteiger partial charge in [0, 0.05) is 6.54 Å². The molecule has 0 atom stereocenters. The predicted molar refractivity (Wildman–Crippen MR) is 84.4 cm³/mol. The quantitative estimate of drug-likeness (QED) is 0.773. The number of methoxy groups -OCH3 is 1. The van der Waals surface area contributed by atoms with Gasteiger partial charge in [0.1, 0.15) is 5.75 Å². The first-order chi connectivity index (χ1) is 11.1. The summed E-state index contributed by atoms with van der Waals surface area (Å²) in [5.41, 5.74) is 1.50. The van der Waals surface area contributed by atoms with Crippen LogP contribution in [0, 0.1) is 0 Å². The number of nitrogens with one attached hydrogen (secondary N) is 1. The Labute approximate surface area is 137 Å². The minimum Gasteiger partial charge on any atom is -0.497 e. The average Bonchev–Trinajstić information content (AvgIpc) is 3.07. The van der Waals surface area contributed by atoms with Gasteiger partial charge in [-0.2, -0.15) is 0 Å². The third kappa shape index (κ3) is 4.75. The first-order valence-electron chi connectivity index (χ1n) is 7.02. The van der Waals surface area contributed by atoms with Crippen molar-refractivity contribution in [3.05, 3.63) is 40.4 Å². The van der Waals surface area contributed by atoms with E-state index in [0.717, 1.165) is 22.8 Å². The van der Waals surface area contributed by atoms with Crippen LogP contribution >= 0.6 is 11.5 Å². The number of hydrogen-bond acceptors (Lipinski definition) is 7. The highest BCUT2D eigenvalue weighted by Crippen LogP contribution is 2.13. The lowest BCUT2D eigenvalue weighted by molar-refractivity contribution is -0.124. The standard InChI is InChI=1S/C15H17N3O4S/c1-3-12-14(23-18-17-12)15(20)22-9-13(19)16-8-10-4-6-11(21-2)7-5-10/h4-7H,3,8-9H2,1-2H3,(H,16,19). The number of aromatic nitrogens is 2. The molecular weight excluding hydrogens is 318 g/mol. The van der Waals surface area contributed by atoms with Crippen molar-refractivity contribution in [2.24, 2.45) is 0 Å². The minimum atomic E-state index is -0.573. The smallest absolute Gasteiger partial charge is 0.352 e. The first kappa shape index (κ1) is 16.9. The zero-order valence-corrected chi connectivity index (χ0v) is 13.7. The molecule has 0 bridgehead atoms. The summed E-state index contributed by atoms with van der Waals surface area (Å²) >= 11 is 0.968. The van der Waals surface area contributed by atoms with E-state index in [4.69, 9.17) is 9.47 Å². The summed E-state index contributed by atoms with van der Waals surface area (Å²) in [6.07, 6.45) is 0.588. The monoisotopic (exact) mass is 335 g/mol. The van der Waals surface area contributed by atoms with E-state index in [1.54, 1.807) is 7.11 Å². The number of amides is 1. The second-order valence-corrected chi connectivity index (χ2v) is 5.36. The second-order valence-electron chi connectivity index (χ2n) is 4.60. The summed E-state index contributed by atoms with van der Waals surface area (Å²) in [5.74, 6) is -0.194. The van der Waals surface area contributed by atoms with Gasteiger partial charge in [0.15, 0.2) is 11.5 Å². The van der Waals surface area contributed by atoms with E-state index in [-0.39, 0.29) is 12.5 Å². The third-order valence-corrected chi connectivity index (χ3v) is 3.81. The van der Waals surface area contributed by atoms with E-state index in [1.807, 2.05) is 31.2 Å². The molecule has 8 heteroatoms. The molecule has 0 aliphatic heterocycles. The summed E-state index contributed by atoms with van der Waals surface area (Å²) in [6, 6.07) is 7.32. The molecule has 0 spiro atoms. The van der Waals surface area contributed by atoms with Crippen LogP contribution in [0.3, 0.4) is 0 Å². The average molecular weight is 335 g/mol. The lowest BCUT2D eigenvalue weighted by Crippen LogP contribution is -2.28. The van der Waals surface area contributed by atoms with Crippen molar-refractivity contribution < 1.29 is 19.1 Å². The van der Waals surface area contributed by atoms with Crippen molar-refractivity contribution >= 4 is 23.4 Å². The molecule has 2 rings (SSSR count). The molecule has 0 aliphatic rings. The van der Waals surface area contributed by atoms with E-state index < -0.39 is 5.97 Å². The van der Waals surface area contributed by atoms with Gasteiger partial charge in [0.25, 0.3) is 5.91 Å². The molecule has 0 saturated heterocycles. The van der Waals surface area contributed by atoms with Crippen molar-refractivity contribution in [1.29, 1.82) is 0 Å². The van der Waals surface area contributed by atoms with Gasteiger partial charge in [-0.1, -0.05) is 23.5 Å². The summed E-state index contributed by atoms with van der Waals surface area (Å²) in [6.45, 7) is 1.88. The summed E-state index contributed by atoms with van der Waals surface area (Å²) < 4.78 is 13.7. The van der Waals surface area contributed by atoms with Crippen LogP contribution in [0.2, 0.25) is 0 Å². The fourth-order valence-corrected chi connectivity index (χ4v) is 2.43. The maximum Gasteiger partial charge on any atom is 0.352 e. The highest BCUT2D eigenvalue weighted by atomic mass is 32.1. The van der Waals surface area contributed by atoms with Crippen molar-refractivity contribution in [3.63, 3.8) is 0 Å². The van der Waals surface area contributed by atoms with Gasteiger partial charge in [-0.25, -0.2) is 4.79 Å². The normalized spacial score (nSPS) is 10.2. The van der Waals surface area contributed by atoms with Gasteiger partial charge in [-0.3, -0.25) is 4.79 Å². The number of carbonyl (C=O) groups is 2. The molecule has 0 saturated carbocycles. The van der Waals surface area contributed by atoms with Gasteiger partial charge in [-0.05, 0) is 35.6 Å². The number of ether oxygens (including phenoxy) is 2. The Morgan fingerprint density at radius 1 is 1.26 bits per heavy atom. The van der Waals surface area contributed by atoms with Crippen LogP contribution in [0.4, 0.5) is 0 Å². The molecule has 1 N–H and O–H groups in total. The van der Waals surface area contributed by atoms with Crippen LogP contribution < -0.4 is 10.1 Å². The molecule has 0 unspecified atom stereocenters. The maximum absolute atomic E-state index is 11.8. The van der Waals surface area contributed by atoms with E-state index >= 15 is 0 Å². The van der Waals surface area contributed by atoms with E-state index in [2.05, 4.69) is 14.9 Å². The lowest BCUT2D eigenvalue weighted by Gasteiger charge is -2.07. The molecule has 122 valence electrons. The number of nitrogens with zero attached hydrogens (tertiary/aromatic N) is 2. The Hall–Kier alpha value is -2.48. The molecule has 1 heterocycles. The van der Waals surface area contributed by atoms with Crippen LogP contribution in [0.5, 0.6) is 5.75 Å². The molecule has 0 fully saturated rings. The molecule has 0 aliphatic carbocycles. The molecule has 23 heavy (non-hydrogen) atoms. The zero-order chi connectivity index (χ0) is 16.7. The van der Waals surface area contributed by atoms with E-state index in [9.17, 15) is 9.59 Å². The molecule has 2 aromatic rings. The topological polar surface area (TPSA) is 90.4 Å². The highest BCUT2D eigenvalue weighted by Gasteiger charge is 2.17. The van der Waals surface area contributed by atoms with Crippen molar-refractivity contribution in [1.82, 2.24) is 14.9 Å². The van der Waals surface area contributed by atoms with Crippen molar-refractivity contribution in [3.8, 4) is 5.75 Å². The Kier molecular flexibility index (Phi) is 6.04. The number of rotatable bonds is 7. The summed E-state index contributed by atoms with van der Waals surface area (Å²) in [7, 11) is 1.59. The highest BCUT2D eigenvalue weighted by molar-refractivity contribution is 7.07. The zero-order valence-electron chi connectivity index (χ0n) is 12.9. The lowest BCUT2D eigenvalue weighted by atomic mass is 10.2. The third-order valence-electron chi connectivity index (χ3n) is 3.06. The van der Waals surface area contributed by atoms with E-state index in [1.165, 1.54) is 0 Å². The SMILES string of the molecule is CCc1nnsc1C(=O)OCC(=O)NCc1ccc(OC)cc1. The van der Waals surface area contributed by atoms with Crippen LogP contribution in [-0.2, 0) is 22.5 Å². The predicted octanol–water partition coefficient (Wildman–Crippen LogP) is 1.58. The molecule has 1 aromatic heterocycles. The molecule has 7 nitrogen and oxygen atoms in total. The van der Waals surface area contributed by atoms with Gasteiger partial charge in [0.05, 0.1) is 12.8 Å². The molecule has 1 aromatic carbocycles. The van der Waals surface area contributed by atoms with Gasteiger partial charge in [-0.15, -0.1) is 5.10 Å². The van der Waals surface area contributed by atoms with Crippen LogP contribution in [-0.4, -0.2) is 35.2 Å². The first-order valence-corrected chi connectivity index (χ1v) is 7.79. The number of esters is 1. The number of hydrogen-bond donors (Lipinski definition) is 1. The fraction of sp³-hybridized carbons (Fsp3) is 0.333. The van der Waals surface area contributed by atoms with Crippen LogP contribution in [0.25, 0.3) is 0 Å². The van der Waals surface area contributed by atoms with Gasteiger partial charge >= 0.3 is 5.97 Å². The summed E-state index contributed by atoms with van der Waals surface area (Å²) in [4.78, 5) is 23.9. The van der Waals surface area contributed by atoms with E-state index in [0.29, 0.717) is 23.5 Å². The number of benzene rings is 1. The largest absolute Gasteiger partial charge is 0.497 e. The fourth-order valence-electron chi connectivity index (χ4n) is 1.79. The summed E-state index contributed by atoms with van der Waals surface area (Å²) in [5, 5.41) is 6.51. The maximum atomic E-state index is 11.8. The van der Waals surface area contributed by atoms with Crippen LogP contribution in [0.15, 0.2) is 24.3 Å².